The van der Waals surface area contributed by atoms with E-state index in [1.54, 1.807) is 12.4 Å². The summed E-state index contributed by atoms with van der Waals surface area (Å²) >= 11 is 0. The number of aromatic nitrogens is 3. The van der Waals surface area contributed by atoms with Crippen molar-refractivity contribution < 1.29 is 19.7 Å². The fourth-order valence-corrected chi connectivity index (χ4v) is 3.89. The molecule has 0 radical (unpaired) electrons. The van der Waals surface area contributed by atoms with Crippen LogP contribution in [0.1, 0.15) is 52.8 Å². The first-order valence-corrected chi connectivity index (χ1v) is 10.1. The Labute approximate surface area is 179 Å². The minimum atomic E-state index is -0.396. The zero-order valence-electron chi connectivity index (χ0n) is 17.4. The molecule has 1 aliphatic heterocycles. The third kappa shape index (κ3) is 3.87. The van der Waals surface area contributed by atoms with Crippen molar-refractivity contribution in [3.63, 3.8) is 0 Å². The van der Waals surface area contributed by atoms with E-state index in [2.05, 4.69) is 9.97 Å². The van der Waals surface area contributed by atoms with Crippen molar-refractivity contribution in [3.05, 3.63) is 76.6 Å². The van der Waals surface area contributed by atoms with Gasteiger partial charge in [-0.25, -0.2) is 4.98 Å². The SMILES string of the molecule is COC(=O)CC[C@@H]1N=C(c2ccccn2)c2cc(CO)c(CO)cc2-n2c(C)cnc21. The first-order chi connectivity index (χ1) is 15.1. The molecule has 0 amide bonds. The summed E-state index contributed by atoms with van der Waals surface area (Å²) in [4.78, 5) is 25.9. The van der Waals surface area contributed by atoms with E-state index >= 15 is 0 Å². The molecule has 0 saturated heterocycles. The fraction of sp³-hybridized carbons (Fsp3) is 0.304. The van der Waals surface area contributed by atoms with Gasteiger partial charge in [-0.05, 0) is 48.7 Å². The molecular weight excluding hydrogens is 396 g/mol. The van der Waals surface area contributed by atoms with Crippen molar-refractivity contribution in [3.8, 4) is 5.69 Å². The van der Waals surface area contributed by atoms with Crippen molar-refractivity contribution in [2.45, 2.75) is 39.0 Å². The van der Waals surface area contributed by atoms with Crippen molar-refractivity contribution in [1.29, 1.82) is 0 Å². The standard InChI is InChI=1S/C23H24N4O4/c1-14-11-25-23-19(6-7-21(30)31-2)26-22(18-5-3-4-8-24-18)17-9-15(12-28)16(13-29)10-20(17)27(14)23/h3-5,8-11,19,28-29H,6-7,12-13H2,1-2H3/t19-/m0/s1. The molecule has 31 heavy (non-hydrogen) atoms. The monoisotopic (exact) mass is 420 g/mol. The summed E-state index contributed by atoms with van der Waals surface area (Å²) in [5, 5.41) is 19.7. The molecule has 2 aromatic heterocycles. The zero-order valence-corrected chi connectivity index (χ0v) is 17.4. The molecule has 160 valence electrons. The number of imidazole rings is 1. The van der Waals surface area contributed by atoms with Gasteiger partial charge >= 0.3 is 5.97 Å². The van der Waals surface area contributed by atoms with Gasteiger partial charge < -0.3 is 14.9 Å². The van der Waals surface area contributed by atoms with E-state index in [1.807, 2.05) is 41.8 Å². The van der Waals surface area contributed by atoms with Crippen LogP contribution in [0.25, 0.3) is 5.69 Å². The molecule has 0 spiro atoms. The molecule has 0 bridgehead atoms. The average molecular weight is 420 g/mol. The predicted molar refractivity (Wildman–Crippen MR) is 114 cm³/mol. The van der Waals surface area contributed by atoms with Gasteiger partial charge in [-0.1, -0.05) is 6.07 Å². The number of ether oxygens (including phenoxy) is 1. The lowest BCUT2D eigenvalue weighted by Gasteiger charge is -2.17. The van der Waals surface area contributed by atoms with Crippen LogP contribution in [0.2, 0.25) is 0 Å². The Balaban J connectivity index is 1.98. The second-order valence-electron chi connectivity index (χ2n) is 7.37. The van der Waals surface area contributed by atoms with Crippen LogP contribution < -0.4 is 0 Å². The van der Waals surface area contributed by atoms with Crippen LogP contribution in [0.5, 0.6) is 0 Å². The minimum absolute atomic E-state index is 0.200. The molecule has 0 aliphatic carbocycles. The number of aliphatic hydroxyl groups excluding tert-OH is 2. The van der Waals surface area contributed by atoms with Gasteiger partial charge in [-0.2, -0.15) is 0 Å². The molecule has 4 rings (SSSR count). The Kier molecular flexibility index (Phi) is 5.92. The lowest BCUT2D eigenvalue weighted by molar-refractivity contribution is -0.140. The van der Waals surface area contributed by atoms with Gasteiger partial charge in [0, 0.05) is 30.1 Å². The van der Waals surface area contributed by atoms with Gasteiger partial charge in [0.1, 0.15) is 11.9 Å². The van der Waals surface area contributed by atoms with Gasteiger partial charge in [-0.15, -0.1) is 0 Å². The number of carbonyl (C=O) groups is 1. The summed E-state index contributed by atoms with van der Waals surface area (Å²) in [6, 6.07) is 8.91. The Hall–Kier alpha value is -3.36. The number of hydrogen-bond acceptors (Lipinski definition) is 7. The van der Waals surface area contributed by atoms with E-state index in [1.165, 1.54) is 7.11 Å². The highest BCUT2D eigenvalue weighted by molar-refractivity contribution is 6.14. The number of methoxy groups -OCH3 is 1. The molecule has 2 N–H and O–H groups in total. The summed E-state index contributed by atoms with van der Waals surface area (Å²) in [5.41, 5.74) is 5.06. The van der Waals surface area contributed by atoms with Crippen molar-refractivity contribution in [2.75, 3.05) is 7.11 Å². The number of aliphatic imine (C=N–C) groups is 1. The Bertz CT molecular complexity index is 1140. The van der Waals surface area contributed by atoms with E-state index in [4.69, 9.17) is 9.73 Å². The van der Waals surface area contributed by atoms with E-state index in [0.717, 1.165) is 16.9 Å². The highest BCUT2D eigenvalue weighted by Gasteiger charge is 2.29. The van der Waals surface area contributed by atoms with Crippen molar-refractivity contribution in [2.24, 2.45) is 4.99 Å². The van der Waals surface area contributed by atoms with Crippen molar-refractivity contribution in [1.82, 2.24) is 14.5 Å². The normalized spacial score (nSPS) is 15.0. The lowest BCUT2D eigenvalue weighted by Crippen LogP contribution is -2.12. The lowest BCUT2D eigenvalue weighted by atomic mass is 9.97. The largest absolute Gasteiger partial charge is 0.469 e. The summed E-state index contributed by atoms with van der Waals surface area (Å²) in [6.45, 7) is 1.54. The predicted octanol–water partition coefficient (Wildman–Crippen LogP) is 2.41. The van der Waals surface area contributed by atoms with E-state index in [-0.39, 0.29) is 25.6 Å². The molecule has 1 aliphatic rings. The minimum Gasteiger partial charge on any atom is -0.469 e. The molecular formula is C23H24N4O4. The molecule has 0 unspecified atom stereocenters. The van der Waals surface area contributed by atoms with Gasteiger partial charge in [0.25, 0.3) is 0 Å². The Morgan fingerprint density at radius 2 is 1.94 bits per heavy atom. The van der Waals surface area contributed by atoms with Crippen molar-refractivity contribution >= 4 is 11.7 Å². The third-order valence-corrected chi connectivity index (χ3v) is 5.46. The first-order valence-electron chi connectivity index (χ1n) is 10.1. The maximum absolute atomic E-state index is 11.8. The van der Waals surface area contributed by atoms with Gasteiger partial charge in [0.2, 0.25) is 0 Å². The van der Waals surface area contributed by atoms with Crippen LogP contribution in [0, 0.1) is 6.92 Å². The summed E-state index contributed by atoms with van der Waals surface area (Å²) < 4.78 is 6.81. The van der Waals surface area contributed by atoms with Crippen LogP contribution in [0.4, 0.5) is 0 Å². The van der Waals surface area contributed by atoms with E-state index < -0.39 is 6.04 Å². The van der Waals surface area contributed by atoms with Gasteiger partial charge in [0.05, 0.1) is 37.4 Å². The highest BCUT2D eigenvalue weighted by atomic mass is 16.5. The molecule has 3 aromatic rings. The van der Waals surface area contributed by atoms with E-state index in [0.29, 0.717) is 34.8 Å². The molecule has 8 nitrogen and oxygen atoms in total. The van der Waals surface area contributed by atoms with Crippen LogP contribution in [-0.2, 0) is 22.7 Å². The molecule has 0 saturated carbocycles. The van der Waals surface area contributed by atoms with Crippen LogP contribution in [0.3, 0.4) is 0 Å². The average Bonchev–Trinajstić information content (AvgIpc) is 3.13. The molecule has 3 heterocycles. The Morgan fingerprint density at radius 3 is 2.61 bits per heavy atom. The zero-order chi connectivity index (χ0) is 22.0. The number of esters is 1. The number of carbonyl (C=O) groups excluding carboxylic acids is 1. The number of aryl methyl sites for hydroxylation is 1. The molecule has 0 fully saturated rings. The molecule has 1 aromatic carbocycles. The Morgan fingerprint density at radius 1 is 1.16 bits per heavy atom. The van der Waals surface area contributed by atoms with Crippen LogP contribution in [-0.4, -0.2) is 43.5 Å². The summed E-state index contributed by atoms with van der Waals surface area (Å²) in [5.74, 6) is 0.394. The number of pyridine rings is 1. The molecule has 1 atom stereocenters. The number of hydrogen-bond donors (Lipinski definition) is 2. The topological polar surface area (TPSA) is 110 Å². The number of fused-ring (bicyclic) bond motifs is 3. The second-order valence-corrected chi connectivity index (χ2v) is 7.37. The molecule has 8 heteroatoms. The maximum Gasteiger partial charge on any atom is 0.305 e. The summed E-state index contributed by atoms with van der Waals surface area (Å²) in [7, 11) is 1.37. The number of rotatable bonds is 6. The van der Waals surface area contributed by atoms with Crippen LogP contribution in [0.15, 0.2) is 47.7 Å². The highest BCUT2D eigenvalue weighted by Crippen LogP contribution is 2.35. The fourth-order valence-electron chi connectivity index (χ4n) is 3.89. The smallest absolute Gasteiger partial charge is 0.305 e. The van der Waals surface area contributed by atoms with Gasteiger partial charge in [0.15, 0.2) is 0 Å². The maximum atomic E-state index is 11.8. The third-order valence-electron chi connectivity index (χ3n) is 5.46. The number of nitrogens with zero attached hydrogens (tertiary/aromatic N) is 4. The first kappa shape index (κ1) is 20.9. The summed E-state index contributed by atoms with van der Waals surface area (Å²) in [6.07, 6.45) is 4.09. The number of aliphatic hydroxyl groups is 2. The van der Waals surface area contributed by atoms with Gasteiger partial charge in [-0.3, -0.25) is 19.3 Å². The van der Waals surface area contributed by atoms with E-state index in [9.17, 15) is 15.0 Å². The van der Waals surface area contributed by atoms with Crippen LogP contribution >= 0.6 is 0 Å². The number of benzene rings is 1. The quantitative estimate of drug-likeness (QED) is 0.593. The second kappa shape index (κ2) is 8.79.